The zero-order chi connectivity index (χ0) is 16.9. The number of ether oxygens (including phenoxy) is 1. The van der Waals surface area contributed by atoms with Gasteiger partial charge in [0.25, 0.3) is 5.91 Å². The minimum atomic E-state index is 0.0365. The van der Waals surface area contributed by atoms with Crippen molar-refractivity contribution < 1.29 is 9.53 Å². The van der Waals surface area contributed by atoms with Gasteiger partial charge in [-0.15, -0.1) is 11.3 Å². The lowest BCUT2D eigenvalue weighted by Gasteiger charge is -2.37. The first-order chi connectivity index (χ1) is 11.7. The van der Waals surface area contributed by atoms with E-state index < -0.39 is 0 Å². The number of aromatic nitrogens is 1. The molecule has 2 aromatic rings. The number of thiazole rings is 1. The van der Waals surface area contributed by atoms with Gasteiger partial charge in [-0.05, 0) is 25.0 Å². The van der Waals surface area contributed by atoms with E-state index in [2.05, 4.69) is 41.2 Å². The second-order valence-electron chi connectivity index (χ2n) is 6.03. The molecule has 1 aliphatic rings. The summed E-state index contributed by atoms with van der Waals surface area (Å²) in [5, 5.41) is 2.68. The number of carbonyl (C=O) groups is 1. The quantitative estimate of drug-likeness (QED) is 0.836. The van der Waals surface area contributed by atoms with E-state index in [1.807, 2.05) is 16.3 Å². The highest BCUT2D eigenvalue weighted by Gasteiger charge is 2.27. The molecule has 1 amide bonds. The summed E-state index contributed by atoms with van der Waals surface area (Å²) in [5.74, 6) is 0.0365. The van der Waals surface area contributed by atoms with Gasteiger partial charge in [-0.1, -0.05) is 18.2 Å². The zero-order valence-corrected chi connectivity index (χ0v) is 15.0. The summed E-state index contributed by atoms with van der Waals surface area (Å²) in [4.78, 5) is 21.2. The molecule has 128 valence electrons. The van der Waals surface area contributed by atoms with Crippen molar-refractivity contribution in [3.8, 4) is 0 Å². The largest absolute Gasteiger partial charge is 0.378 e. The number of para-hydroxylation sites is 1. The number of nitrogens with zero attached hydrogens (tertiary/aromatic N) is 3. The van der Waals surface area contributed by atoms with Crippen LogP contribution >= 0.6 is 11.3 Å². The van der Waals surface area contributed by atoms with E-state index in [1.165, 1.54) is 17.0 Å². The molecule has 1 saturated heterocycles. The molecule has 0 aliphatic carbocycles. The first-order valence-corrected chi connectivity index (χ1v) is 9.07. The number of benzene rings is 1. The predicted molar refractivity (Wildman–Crippen MR) is 96.6 cm³/mol. The van der Waals surface area contributed by atoms with Gasteiger partial charge >= 0.3 is 0 Å². The molecule has 1 aromatic heterocycles. The molecule has 0 spiro atoms. The zero-order valence-electron chi connectivity index (χ0n) is 14.1. The van der Waals surface area contributed by atoms with Crippen LogP contribution in [0.1, 0.15) is 28.3 Å². The first kappa shape index (κ1) is 16.9. The standard InChI is InChI=1S/C18H23N3O2S/c1-20(14-6-4-3-5-7-14)15-8-10-21(11-9-15)18(22)16-13-24-17(19-16)12-23-2/h3-7,13,15H,8-12H2,1-2H3. The second kappa shape index (κ2) is 7.77. The molecule has 1 fully saturated rings. The number of piperidine rings is 1. The third kappa shape index (κ3) is 3.76. The molecular formula is C18H23N3O2S. The van der Waals surface area contributed by atoms with Gasteiger partial charge in [-0.2, -0.15) is 0 Å². The maximum Gasteiger partial charge on any atom is 0.273 e. The molecule has 6 heteroatoms. The number of likely N-dealkylation sites (tertiary alicyclic amines) is 1. The van der Waals surface area contributed by atoms with Gasteiger partial charge in [0.05, 0.1) is 6.61 Å². The van der Waals surface area contributed by atoms with Crippen molar-refractivity contribution >= 4 is 22.9 Å². The van der Waals surface area contributed by atoms with Crippen LogP contribution in [0.3, 0.4) is 0 Å². The molecule has 1 aliphatic heterocycles. The van der Waals surface area contributed by atoms with Crippen molar-refractivity contribution in [2.24, 2.45) is 0 Å². The van der Waals surface area contributed by atoms with Gasteiger partial charge in [-0.3, -0.25) is 4.79 Å². The number of rotatable bonds is 5. The molecule has 24 heavy (non-hydrogen) atoms. The van der Waals surface area contributed by atoms with Crippen molar-refractivity contribution in [3.05, 3.63) is 46.4 Å². The smallest absolute Gasteiger partial charge is 0.273 e. The summed E-state index contributed by atoms with van der Waals surface area (Å²) < 4.78 is 5.07. The van der Waals surface area contributed by atoms with Crippen molar-refractivity contribution in [1.29, 1.82) is 0 Å². The highest BCUT2D eigenvalue weighted by molar-refractivity contribution is 7.09. The number of methoxy groups -OCH3 is 1. The van der Waals surface area contributed by atoms with E-state index in [1.54, 1.807) is 7.11 Å². The normalized spacial score (nSPS) is 15.5. The van der Waals surface area contributed by atoms with Crippen LogP contribution in [0.15, 0.2) is 35.7 Å². The number of hydrogen-bond donors (Lipinski definition) is 0. The number of hydrogen-bond acceptors (Lipinski definition) is 5. The average Bonchev–Trinajstić information content (AvgIpc) is 3.10. The van der Waals surface area contributed by atoms with E-state index in [4.69, 9.17) is 4.74 Å². The lowest BCUT2D eigenvalue weighted by Crippen LogP contribution is -2.45. The van der Waals surface area contributed by atoms with Gasteiger partial charge in [0.2, 0.25) is 0 Å². The molecule has 0 atom stereocenters. The van der Waals surface area contributed by atoms with E-state index >= 15 is 0 Å². The van der Waals surface area contributed by atoms with Gasteiger partial charge in [-0.25, -0.2) is 4.98 Å². The summed E-state index contributed by atoms with van der Waals surface area (Å²) in [5.41, 5.74) is 1.77. The van der Waals surface area contributed by atoms with Crippen LogP contribution in [0.25, 0.3) is 0 Å². The van der Waals surface area contributed by atoms with Crippen LogP contribution in [0.2, 0.25) is 0 Å². The molecule has 1 aromatic carbocycles. The van der Waals surface area contributed by atoms with E-state index in [9.17, 15) is 4.79 Å². The Morgan fingerprint density at radius 1 is 1.33 bits per heavy atom. The fourth-order valence-electron chi connectivity index (χ4n) is 3.09. The van der Waals surface area contributed by atoms with Gasteiger partial charge < -0.3 is 14.5 Å². The third-order valence-corrected chi connectivity index (χ3v) is 5.32. The molecule has 0 bridgehead atoms. The average molecular weight is 345 g/mol. The minimum absolute atomic E-state index is 0.0365. The molecule has 2 heterocycles. The maximum atomic E-state index is 12.6. The van der Waals surface area contributed by atoms with Gasteiger partial charge in [0.1, 0.15) is 10.7 Å². The van der Waals surface area contributed by atoms with Crippen molar-refractivity contribution in [2.45, 2.75) is 25.5 Å². The lowest BCUT2D eigenvalue weighted by atomic mass is 10.0. The number of anilines is 1. The number of carbonyl (C=O) groups excluding carboxylic acids is 1. The Balaban J connectivity index is 1.57. The minimum Gasteiger partial charge on any atom is -0.378 e. The summed E-state index contributed by atoms with van der Waals surface area (Å²) in [7, 11) is 3.77. The molecular weight excluding hydrogens is 322 g/mol. The molecule has 5 nitrogen and oxygen atoms in total. The fourth-order valence-corrected chi connectivity index (χ4v) is 3.83. The Kier molecular flexibility index (Phi) is 5.48. The van der Waals surface area contributed by atoms with Crippen molar-refractivity contribution in [2.75, 3.05) is 32.1 Å². The Morgan fingerprint density at radius 3 is 2.71 bits per heavy atom. The molecule has 0 radical (unpaired) electrons. The monoisotopic (exact) mass is 345 g/mol. The summed E-state index contributed by atoms with van der Waals surface area (Å²) in [6.07, 6.45) is 1.96. The van der Waals surface area contributed by atoms with Crippen LogP contribution in [0.5, 0.6) is 0 Å². The van der Waals surface area contributed by atoms with Crippen LogP contribution in [-0.2, 0) is 11.3 Å². The van der Waals surface area contributed by atoms with Crippen molar-refractivity contribution in [1.82, 2.24) is 9.88 Å². The Labute approximate surface area is 146 Å². The Morgan fingerprint density at radius 2 is 2.04 bits per heavy atom. The van der Waals surface area contributed by atoms with Gasteiger partial charge in [0.15, 0.2) is 0 Å². The lowest BCUT2D eigenvalue weighted by molar-refractivity contribution is 0.0707. The SMILES string of the molecule is COCc1nc(C(=O)N2CCC(N(C)c3ccccc3)CC2)cs1. The fraction of sp³-hybridized carbons (Fsp3) is 0.444. The van der Waals surface area contributed by atoms with E-state index in [0.717, 1.165) is 30.9 Å². The molecule has 0 N–H and O–H groups in total. The van der Waals surface area contributed by atoms with Crippen LogP contribution in [-0.4, -0.2) is 49.1 Å². The van der Waals surface area contributed by atoms with E-state index in [-0.39, 0.29) is 5.91 Å². The summed E-state index contributed by atoms with van der Waals surface area (Å²) in [6, 6.07) is 10.9. The molecule has 0 saturated carbocycles. The number of amides is 1. The Hall–Kier alpha value is -1.92. The van der Waals surface area contributed by atoms with Crippen molar-refractivity contribution in [3.63, 3.8) is 0 Å². The Bertz CT molecular complexity index is 666. The molecule has 3 rings (SSSR count). The first-order valence-electron chi connectivity index (χ1n) is 8.19. The molecule has 0 unspecified atom stereocenters. The van der Waals surface area contributed by atoms with Crippen LogP contribution in [0, 0.1) is 0 Å². The summed E-state index contributed by atoms with van der Waals surface area (Å²) >= 11 is 1.48. The van der Waals surface area contributed by atoms with E-state index in [0.29, 0.717) is 18.3 Å². The van der Waals surface area contributed by atoms with Gasteiger partial charge in [0, 0.05) is 44.4 Å². The highest BCUT2D eigenvalue weighted by Crippen LogP contribution is 2.23. The predicted octanol–water partition coefficient (Wildman–Crippen LogP) is 3.03. The third-order valence-electron chi connectivity index (χ3n) is 4.50. The van der Waals surface area contributed by atoms with Crippen LogP contribution < -0.4 is 4.90 Å². The topological polar surface area (TPSA) is 45.7 Å². The second-order valence-corrected chi connectivity index (χ2v) is 6.97. The highest BCUT2D eigenvalue weighted by atomic mass is 32.1. The van der Waals surface area contributed by atoms with Crippen LogP contribution in [0.4, 0.5) is 5.69 Å². The maximum absolute atomic E-state index is 12.6. The summed E-state index contributed by atoms with van der Waals surface area (Å²) in [6.45, 7) is 2.01.